The highest BCUT2D eigenvalue weighted by atomic mass is 79.9. The third-order valence-electron chi connectivity index (χ3n) is 3.08. The number of ether oxygens (including phenoxy) is 1. The minimum absolute atomic E-state index is 0.317. The van der Waals surface area contributed by atoms with Crippen LogP contribution in [0.4, 0.5) is 5.69 Å². The van der Waals surface area contributed by atoms with Gasteiger partial charge in [0, 0.05) is 17.6 Å². The molecule has 0 saturated carbocycles. The predicted molar refractivity (Wildman–Crippen MR) is 88.3 cm³/mol. The number of unbranched alkanes of at least 4 members (excludes halogenated alkanes) is 3. The van der Waals surface area contributed by atoms with Gasteiger partial charge in [-0.05, 0) is 24.6 Å². The lowest BCUT2D eigenvalue weighted by atomic mass is 10.2. The summed E-state index contributed by atoms with van der Waals surface area (Å²) in [5.74, 6) is 0. The van der Waals surface area contributed by atoms with Crippen molar-refractivity contribution in [3.05, 3.63) is 28.2 Å². The summed E-state index contributed by atoms with van der Waals surface area (Å²) in [6, 6.07) is 7.56. The van der Waals surface area contributed by atoms with E-state index >= 15 is 0 Å². The summed E-state index contributed by atoms with van der Waals surface area (Å²) in [5.41, 5.74) is 1.28. The molecule has 1 aromatic rings. The minimum atomic E-state index is -0.577. The van der Waals surface area contributed by atoms with Crippen LogP contribution in [0.3, 0.4) is 0 Å². The van der Waals surface area contributed by atoms with Crippen LogP contribution < -0.4 is 5.32 Å². The lowest BCUT2D eigenvalue weighted by Gasteiger charge is -2.14. The standard InChI is InChI=1S/C16H23BrN2O2/c1-2-3-4-5-8-21-12-15(20)11-19-16-7-6-14(17)9-13(16)10-18/h6-7,9,15,19-20H,2-5,8,11-12H2,1H3. The molecule has 0 spiro atoms. The second-order valence-electron chi connectivity index (χ2n) is 4.97. The van der Waals surface area contributed by atoms with Gasteiger partial charge in [0.1, 0.15) is 6.07 Å². The van der Waals surface area contributed by atoms with Crippen LogP contribution in [0, 0.1) is 11.3 Å². The molecule has 0 amide bonds. The van der Waals surface area contributed by atoms with Crippen molar-refractivity contribution in [3.8, 4) is 6.07 Å². The molecule has 0 aromatic heterocycles. The molecule has 1 rings (SSSR count). The van der Waals surface area contributed by atoms with Gasteiger partial charge in [-0.2, -0.15) is 5.26 Å². The summed E-state index contributed by atoms with van der Waals surface area (Å²) >= 11 is 3.33. The van der Waals surface area contributed by atoms with Gasteiger partial charge in [-0.25, -0.2) is 0 Å². The fourth-order valence-electron chi connectivity index (χ4n) is 1.90. The van der Waals surface area contributed by atoms with E-state index in [1.807, 2.05) is 12.1 Å². The molecule has 0 heterocycles. The van der Waals surface area contributed by atoms with Crippen molar-refractivity contribution in [2.24, 2.45) is 0 Å². The van der Waals surface area contributed by atoms with E-state index in [0.29, 0.717) is 25.3 Å². The van der Waals surface area contributed by atoms with Gasteiger partial charge in [0.05, 0.1) is 24.0 Å². The average molecular weight is 355 g/mol. The van der Waals surface area contributed by atoms with Crippen LogP contribution in [0.5, 0.6) is 0 Å². The molecule has 0 bridgehead atoms. The van der Waals surface area contributed by atoms with E-state index in [1.165, 1.54) is 19.3 Å². The van der Waals surface area contributed by atoms with Crippen LogP contribution in [0.2, 0.25) is 0 Å². The highest BCUT2D eigenvalue weighted by Crippen LogP contribution is 2.20. The van der Waals surface area contributed by atoms with E-state index in [9.17, 15) is 5.11 Å². The zero-order valence-electron chi connectivity index (χ0n) is 12.4. The van der Waals surface area contributed by atoms with Crippen LogP contribution in [-0.4, -0.2) is 31.0 Å². The molecule has 0 aliphatic heterocycles. The largest absolute Gasteiger partial charge is 0.389 e. The fraction of sp³-hybridized carbons (Fsp3) is 0.562. The van der Waals surface area contributed by atoms with Gasteiger partial charge in [-0.15, -0.1) is 0 Å². The Morgan fingerprint density at radius 1 is 1.38 bits per heavy atom. The van der Waals surface area contributed by atoms with E-state index in [0.717, 1.165) is 16.6 Å². The zero-order chi connectivity index (χ0) is 15.5. The minimum Gasteiger partial charge on any atom is -0.389 e. The van der Waals surface area contributed by atoms with Crippen LogP contribution in [-0.2, 0) is 4.74 Å². The summed E-state index contributed by atoms with van der Waals surface area (Å²) in [6.07, 6.45) is 4.08. The molecular weight excluding hydrogens is 332 g/mol. The van der Waals surface area contributed by atoms with E-state index in [-0.39, 0.29) is 0 Å². The van der Waals surface area contributed by atoms with Gasteiger partial charge in [0.25, 0.3) is 0 Å². The normalized spacial score (nSPS) is 11.9. The highest BCUT2D eigenvalue weighted by Gasteiger charge is 2.07. The fourth-order valence-corrected chi connectivity index (χ4v) is 2.26. The predicted octanol–water partition coefficient (Wildman–Crippen LogP) is 3.69. The van der Waals surface area contributed by atoms with Gasteiger partial charge in [0.15, 0.2) is 0 Å². The number of nitriles is 1. The number of hydrogen-bond donors (Lipinski definition) is 2. The molecular formula is C16H23BrN2O2. The molecule has 0 aliphatic rings. The van der Waals surface area contributed by atoms with Crippen molar-refractivity contribution in [1.82, 2.24) is 0 Å². The Hall–Kier alpha value is -1.09. The number of nitrogens with one attached hydrogen (secondary N) is 1. The number of aliphatic hydroxyl groups excluding tert-OH is 1. The zero-order valence-corrected chi connectivity index (χ0v) is 14.0. The topological polar surface area (TPSA) is 65.3 Å². The number of rotatable bonds is 10. The first-order valence-corrected chi connectivity index (χ1v) is 8.16. The van der Waals surface area contributed by atoms with E-state index < -0.39 is 6.10 Å². The van der Waals surface area contributed by atoms with Crippen molar-refractivity contribution in [3.63, 3.8) is 0 Å². The SMILES string of the molecule is CCCCCCOCC(O)CNc1ccc(Br)cc1C#N. The third kappa shape index (κ3) is 7.47. The van der Waals surface area contributed by atoms with Crippen molar-refractivity contribution in [2.75, 3.05) is 25.1 Å². The molecule has 21 heavy (non-hydrogen) atoms. The Bertz CT molecular complexity index is 460. The Balaban J connectivity index is 2.24. The summed E-state index contributed by atoms with van der Waals surface area (Å²) in [4.78, 5) is 0. The molecule has 2 N–H and O–H groups in total. The van der Waals surface area contributed by atoms with E-state index in [1.54, 1.807) is 6.07 Å². The van der Waals surface area contributed by atoms with Crippen LogP contribution >= 0.6 is 15.9 Å². The summed E-state index contributed by atoms with van der Waals surface area (Å²) in [5, 5.41) is 22.0. The molecule has 0 aliphatic carbocycles. The van der Waals surface area contributed by atoms with Gasteiger partial charge in [0.2, 0.25) is 0 Å². The maximum atomic E-state index is 9.85. The van der Waals surface area contributed by atoms with Crippen molar-refractivity contribution >= 4 is 21.6 Å². The maximum Gasteiger partial charge on any atom is 0.101 e. The number of anilines is 1. The second kappa shape index (κ2) is 10.6. The van der Waals surface area contributed by atoms with Crippen LogP contribution in [0.25, 0.3) is 0 Å². The first-order chi connectivity index (χ1) is 10.2. The molecule has 0 fully saturated rings. The lowest BCUT2D eigenvalue weighted by molar-refractivity contribution is 0.0417. The third-order valence-corrected chi connectivity index (χ3v) is 3.58. The molecule has 0 saturated heterocycles. The van der Waals surface area contributed by atoms with Gasteiger partial charge in [-0.3, -0.25) is 0 Å². The second-order valence-corrected chi connectivity index (χ2v) is 5.89. The molecule has 1 atom stereocenters. The Labute approximate surface area is 135 Å². The van der Waals surface area contributed by atoms with E-state index in [4.69, 9.17) is 10.00 Å². The lowest BCUT2D eigenvalue weighted by Crippen LogP contribution is -2.25. The number of halogens is 1. The van der Waals surface area contributed by atoms with Crippen molar-refractivity contribution < 1.29 is 9.84 Å². The van der Waals surface area contributed by atoms with Crippen molar-refractivity contribution in [1.29, 1.82) is 5.26 Å². The van der Waals surface area contributed by atoms with Crippen LogP contribution in [0.15, 0.2) is 22.7 Å². The molecule has 1 aromatic carbocycles. The van der Waals surface area contributed by atoms with Gasteiger partial charge < -0.3 is 15.2 Å². The number of aliphatic hydroxyl groups is 1. The monoisotopic (exact) mass is 354 g/mol. The molecule has 116 valence electrons. The first kappa shape index (κ1) is 18.0. The first-order valence-electron chi connectivity index (χ1n) is 7.36. The summed E-state index contributed by atoms with van der Waals surface area (Å²) in [7, 11) is 0. The smallest absolute Gasteiger partial charge is 0.101 e. The summed E-state index contributed by atoms with van der Waals surface area (Å²) < 4.78 is 6.31. The van der Waals surface area contributed by atoms with E-state index in [2.05, 4.69) is 34.2 Å². The average Bonchev–Trinajstić information content (AvgIpc) is 2.49. The Kier molecular flexibility index (Phi) is 9.07. The Morgan fingerprint density at radius 3 is 2.90 bits per heavy atom. The van der Waals surface area contributed by atoms with Gasteiger partial charge in [-0.1, -0.05) is 42.1 Å². The summed E-state index contributed by atoms with van der Waals surface area (Å²) in [6.45, 7) is 3.55. The maximum absolute atomic E-state index is 9.85. The number of nitrogens with zero attached hydrogens (tertiary/aromatic N) is 1. The molecule has 4 nitrogen and oxygen atoms in total. The Morgan fingerprint density at radius 2 is 2.19 bits per heavy atom. The van der Waals surface area contributed by atoms with Gasteiger partial charge >= 0.3 is 0 Å². The molecule has 5 heteroatoms. The quantitative estimate of drug-likeness (QED) is 0.629. The highest BCUT2D eigenvalue weighted by molar-refractivity contribution is 9.10. The number of hydrogen-bond acceptors (Lipinski definition) is 4. The van der Waals surface area contributed by atoms with Crippen molar-refractivity contribution in [2.45, 2.75) is 38.7 Å². The molecule has 0 radical (unpaired) electrons. The van der Waals surface area contributed by atoms with Crippen LogP contribution in [0.1, 0.15) is 38.2 Å². The molecule has 1 unspecified atom stereocenters. The number of benzene rings is 1.